The van der Waals surface area contributed by atoms with Crippen LogP contribution in [0.3, 0.4) is 0 Å². The van der Waals surface area contributed by atoms with Crippen molar-refractivity contribution in [1.82, 2.24) is 4.90 Å². The van der Waals surface area contributed by atoms with Gasteiger partial charge in [-0.3, -0.25) is 0 Å². The van der Waals surface area contributed by atoms with Crippen LogP contribution in [0.5, 0.6) is 0 Å². The summed E-state index contributed by atoms with van der Waals surface area (Å²) in [6.45, 7) is 6.63. The van der Waals surface area contributed by atoms with Gasteiger partial charge in [0.2, 0.25) is 0 Å². The fraction of sp³-hybridized carbons (Fsp3) is 0.625. The number of aryl methyl sites for hydroxylation is 1. The van der Waals surface area contributed by atoms with Gasteiger partial charge in [0, 0.05) is 11.6 Å². The molecule has 0 amide bonds. The van der Waals surface area contributed by atoms with Gasteiger partial charge in [0.1, 0.15) is 0 Å². The average molecular weight is 248 g/mol. The molecular formula is C16H28N2. The Bertz CT molecular complexity index is 350. The van der Waals surface area contributed by atoms with Crippen LogP contribution in [0, 0.1) is 0 Å². The number of benzene rings is 1. The molecule has 1 atom stereocenters. The van der Waals surface area contributed by atoms with Crippen LogP contribution in [0.25, 0.3) is 0 Å². The second-order valence-electron chi connectivity index (χ2n) is 5.28. The van der Waals surface area contributed by atoms with E-state index in [4.69, 9.17) is 5.73 Å². The summed E-state index contributed by atoms with van der Waals surface area (Å²) >= 11 is 0. The van der Waals surface area contributed by atoms with Crippen molar-refractivity contribution in [1.29, 1.82) is 0 Å². The highest BCUT2D eigenvalue weighted by Crippen LogP contribution is 2.34. The molecular weight excluding hydrogens is 220 g/mol. The van der Waals surface area contributed by atoms with Crippen molar-refractivity contribution in [2.75, 3.05) is 14.1 Å². The van der Waals surface area contributed by atoms with E-state index in [9.17, 15) is 0 Å². The smallest absolute Gasteiger partial charge is 0.0481 e. The van der Waals surface area contributed by atoms with Gasteiger partial charge in [0.05, 0.1) is 0 Å². The minimum atomic E-state index is 0.0493. The third kappa shape index (κ3) is 2.76. The molecule has 0 spiro atoms. The summed E-state index contributed by atoms with van der Waals surface area (Å²) in [6.07, 6.45) is 3.20. The predicted octanol–water partition coefficient (Wildman–Crippen LogP) is 3.37. The van der Waals surface area contributed by atoms with Crippen molar-refractivity contribution < 1.29 is 0 Å². The minimum absolute atomic E-state index is 0.0493. The first-order valence-corrected chi connectivity index (χ1v) is 7.03. The summed E-state index contributed by atoms with van der Waals surface area (Å²) in [5.41, 5.74) is 9.21. The molecule has 0 aliphatic heterocycles. The maximum atomic E-state index is 6.55. The number of hydrogen-bond acceptors (Lipinski definition) is 2. The standard InChI is InChI=1S/C16H28N2/c1-6-13-9-11-14(12-10-13)15(17)16(7-2,8-3)18(4)5/h9-12,15H,6-8,17H2,1-5H3. The monoisotopic (exact) mass is 248 g/mol. The fourth-order valence-electron chi connectivity index (χ4n) is 2.87. The fourth-order valence-corrected chi connectivity index (χ4v) is 2.87. The molecule has 1 aromatic rings. The van der Waals surface area contributed by atoms with Crippen LogP contribution in [0.4, 0.5) is 0 Å². The highest BCUT2D eigenvalue weighted by atomic mass is 15.2. The molecule has 0 bridgehead atoms. The first-order valence-electron chi connectivity index (χ1n) is 7.03. The normalized spacial score (nSPS) is 13.9. The molecule has 2 N–H and O–H groups in total. The molecule has 102 valence electrons. The molecule has 0 aliphatic rings. The second-order valence-corrected chi connectivity index (χ2v) is 5.28. The summed E-state index contributed by atoms with van der Waals surface area (Å²) in [5, 5.41) is 0. The Labute approximate surface area is 112 Å². The number of nitrogens with zero attached hydrogens (tertiary/aromatic N) is 1. The van der Waals surface area contributed by atoms with Crippen molar-refractivity contribution in [2.24, 2.45) is 5.73 Å². The van der Waals surface area contributed by atoms with Crippen LogP contribution >= 0.6 is 0 Å². The van der Waals surface area contributed by atoms with Crippen molar-refractivity contribution in [3.63, 3.8) is 0 Å². The van der Waals surface area contributed by atoms with Crippen molar-refractivity contribution in [3.8, 4) is 0 Å². The van der Waals surface area contributed by atoms with Crippen molar-refractivity contribution >= 4 is 0 Å². The molecule has 0 fully saturated rings. The molecule has 0 saturated heterocycles. The molecule has 0 aromatic heterocycles. The van der Waals surface area contributed by atoms with Gasteiger partial charge in [-0.2, -0.15) is 0 Å². The van der Waals surface area contributed by atoms with Crippen LogP contribution in [-0.4, -0.2) is 24.5 Å². The quantitative estimate of drug-likeness (QED) is 0.836. The number of hydrogen-bond donors (Lipinski definition) is 1. The number of likely N-dealkylation sites (N-methyl/N-ethyl adjacent to an activating group) is 1. The lowest BCUT2D eigenvalue weighted by Gasteiger charge is -2.43. The van der Waals surface area contributed by atoms with Crippen LogP contribution in [0.2, 0.25) is 0 Å². The highest BCUT2D eigenvalue weighted by Gasteiger charge is 2.36. The largest absolute Gasteiger partial charge is 0.322 e. The van der Waals surface area contributed by atoms with Gasteiger partial charge in [-0.25, -0.2) is 0 Å². The van der Waals surface area contributed by atoms with Crippen LogP contribution in [-0.2, 0) is 6.42 Å². The van der Waals surface area contributed by atoms with Crippen LogP contribution < -0.4 is 5.73 Å². The van der Waals surface area contributed by atoms with E-state index in [0.717, 1.165) is 19.3 Å². The zero-order valence-electron chi connectivity index (χ0n) is 12.5. The summed E-state index contributed by atoms with van der Waals surface area (Å²) in [7, 11) is 4.26. The van der Waals surface area contributed by atoms with Crippen LogP contribution in [0.1, 0.15) is 50.8 Å². The van der Waals surface area contributed by atoms with Gasteiger partial charge in [0.15, 0.2) is 0 Å². The molecule has 1 rings (SSSR count). The highest BCUT2D eigenvalue weighted by molar-refractivity contribution is 5.27. The summed E-state index contributed by atoms with van der Waals surface area (Å²) in [6, 6.07) is 8.83. The second kappa shape index (κ2) is 6.35. The Kier molecular flexibility index (Phi) is 5.36. The van der Waals surface area contributed by atoms with Gasteiger partial charge in [0.25, 0.3) is 0 Å². The Hall–Kier alpha value is -0.860. The van der Waals surface area contributed by atoms with E-state index >= 15 is 0 Å². The zero-order valence-corrected chi connectivity index (χ0v) is 12.5. The Morgan fingerprint density at radius 2 is 1.56 bits per heavy atom. The molecule has 0 heterocycles. The Morgan fingerprint density at radius 3 is 1.89 bits per heavy atom. The molecule has 2 heteroatoms. The molecule has 1 unspecified atom stereocenters. The number of nitrogens with two attached hydrogens (primary N) is 1. The predicted molar refractivity (Wildman–Crippen MR) is 79.7 cm³/mol. The lowest BCUT2D eigenvalue weighted by Crippen LogP contribution is -2.51. The van der Waals surface area contributed by atoms with Gasteiger partial charge < -0.3 is 10.6 Å². The van der Waals surface area contributed by atoms with E-state index in [1.807, 2.05) is 0 Å². The van der Waals surface area contributed by atoms with Gasteiger partial charge in [-0.1, -0.05) is 45.0 Å². The van der Waals surface area contributed by atoms with Crippen molar-refractivity contribution in [3.05, 3.63) is 35.4 Å². The lowest BCUT2D eigenvalue weighted by molar-refractivity contribution is 0.106. The van der Waals surface area contributed by atoms with E-state index < -0.39 is 0 Å². The molecule has 1 aromatic carbocycles. The SMILES string of the molecule is CCc1ccc(C(N)C(CC)(CC)N(C)C)cc1. The minimum Gasteiger partial charge on any atom is -0.322 e. The van der Waals surface area contributed by atoms with E-state index in [-0.39, 0.29) is 11.6 Å². The Morgan fingerprint density at radius 1 is 1.06 bits per heavy atom. The van der Waals surface area contributed by atoms with Gasteiger partial charge in [-0.15, -0.1) is 0 Å². The topological polar surface area (TPSA) is 29.3 Å². The third-order valence-electron chi connectivity index (χ3n) is 4.44. The van der Waals surface area contributed by atoms with E-state index in [2.05, 4.69) is 64.0 Å². The molecule has 0 saturated carbocycles. The van der Waals surface area contributed by atoms with Crippen LogP contribution in [0.15, 0.2) is 24.3 Å². The maximum Gasteiger partial charge on any atom is 0.0481 e. The summed E-state index contributed by atoms with van der Waals surface area (Å²) in [5.74, 6) is 0. The van der Waals surface area contributed by atoms with Crippen molar-refractivity contribution in [2.45, 2.75) is 51.6 Å². The first kappa shape index (κ1) is 15.2. The first-order chi connectivity index (χ1) is 8.51. The Balaban J connectivity index is 3.05. The van der Waals surface area contributed by atoms with Gasteiger partial charge in [-0.05, 0) is 44.5 Å². The van der Waals surface area contributed by atoms with E-state index in [1.54, 1.807) is 0 Å². The molecule has 0 aliphatic carbocycles. The lowest BCUT2D eigenvalue weighted by atomic mass is 9.80. The molecule has 0 radical (unpaired) electrons. The third-order valence-corrected chi connectivity index (χ3v) is 4.44. The molecule has 18 heavy (non-hydrogen) atoms. The summed E-state index contributed by atoms with van der Waals surface area (Å²) < 4.78 is 0. The zero-order chi connectivity index (χ0) is 13.8. The number of rotatable bonds is 6. The van der Waals surface area contributed by atoms with E-state index in [0.29, 0.717) is 0 Å². The summed E-state index contributed by atoms with van der Waals surface area (Å²) in [4.78, 5) is 2.28. The van der Waals surface area contributed by atoms with Gasteiger partial charge >= 0.3 is 0 Å². The van der Waals surface area contributed by atoms with E-state index in [1.165, 1.54) is 11.1 Å². The maximum absolute atomic E-state index is 6.55. The average Bonchev–Trinajstić information content (AvgIpc) is 2.40. The molecule has 2 nitrogen and oxygen atoms in total.